The molecule has 16 heavy (non-hydrogen) atoms. The fraction of sp³-hybridized carbons (Fsp3) is 0.600. The highest BCUT2D eigenvalue weighted by molar-refractivity contribution is 5.32. The summed E-state index contributed by atoms with van der Waals surface area (Å²) < 4.78 is 0. The Hall–Kier alpha value is -0.820. The minimum atomic E-state index is 0.270. The summed E-state index contributed by atoms with van der Waals surface area (Å²) in [4.78, 5) is 0. The summed E-state index contributed by atoms with van der Waals surface area (Å²) in [6.07, 6.45) is 2.41. The average molecular weight is 219 g/mol. The summed E-state index contributed by atoms with van der Waals surface area (Å²) >= 11 is 0. The lowest BCUT2D eigenvalue weighted by Crippen LogP contribution is -2.26. The van der Waals surface area contributed by atoms with Gasteiger partial charge in [-0.2, -0.15) is 0 Å². The summed E-state index contributed by atoms with van der Waals surface area (Å²) in [6, 6.07) is 8.72. The van der Waals surface area contributed by atoms with Crippen LogP contribution >= 0.6 is 0 Å². The fourth-order valence-electron chi connectivity index (χ4n) is 2.17. The molecule has 0 atom stereocenters. The highest BCUT2D eigenvalue weighted by atomic mass is 14.8. The molecule has 1 heteroatoms. The van der Waals surface area contributed by atoms with Crippen LogP contribution in [-0.4, -0.2) is 13.1 Å². The van der Waals surface area contributed by atoms with Crippen molar-refractivity contribution < 1.29 is 0 Å². The van der Waals surface area contributed by atoms with Crippen molar-refractivity contribution in [3.63, 3.8) is 0 Å². The molecular formula is C15H25N. The van der Waals surface area contributed by atoms with E-state index in [1.54, 1.807) is 0 Å². The van der Waals surface area contributed by atoms with Crippen LogP contribution in [0, 0.1) is 6.92 Å². The average Bonchev–Trinajstić information content (AvgIpc) is 2.25. The molecule has 1 N–H and O–H groups in total. The van der Waals surface area contributed by atoms with Crippen molar-refractivity contribution in [3.8, 4) is 0 Å². The minimum Gasteiger partial charge on any atom is -0.317 e. The van der Waals surface area contributed by atoms with E-state index in [0.717, 1.165) is 13.1 Å². The third kappa shape index (κ3) is 3.64. The zero-order valence-corrected chi connectivity index (χ0v) is 11.1. The minimum absolute atomic E-state index is 0.270. The smallest absolute Gasteiger partial charge is 0.00406 e. The maximum atomic E-state index is 3.48. The SMILES string of the molecule is CCCNCCC(C)(C)c1ccccc1C. The molecular weight excluding hydrogens is 194 g/mol. The number of benzene rings is 1. The van der Waals surface area contributed by atoms with Crippen LogP contribution in [0.25, 0.3) is 0 Å². The lowest BCUT2D eigenvalue weighted by molar-refractivity contribution is 0.455. The van der Waals surface area contributed by atoms with Gasteiger partial charge in [0.25, 0.3) is 0 Å². The zero-order chi connectivity index (χ0) is 12.0. The highest BCUT2D eigenvalue weighted by Crippen LogP contribution is 2.28. The quantitative estimate of drug-likeness (QED) is 0.720. The molecule has 90 valence electrons. The van der Waals surface area contributed by atoms with Crippen LogP contribution in [-0.2, 0) is 5.41 Å². The molecule has 0 amide bonds. The van der Waals surface area contributed by atoms with Gasteiger partial charge in [-0.25, -0.2) is 0 Å². The molecule has 1 aromatic rings. The van der Waals surface area contributed by atoms with Crippen molar-refractivity contribution in [1.82, 2.24) is 5.32 Å². The lowest BCUT2D eigenvalue weighted by atomic mass is 9.79. The van der Waals surface area contributed by atoms with Crippen LogP contribution in [0.1, 0.15) is 44.7 Å². The number of nitrogens with one attached hydrogen (secondary N) is 1. The lowest BCUT2D eigenvalue weighted by Gasteiger charge is -2.27. The molecule has 1 rings (SSSR count). The van der Waals surface area contributed by atoms with Gasteiger partial charge in [0.05, 0.1) is 0 Å². The molecule has 0 aromatic heterocycles. The zero-order valence-electron chi connectivity index (χ0n) is 11.1. The van der Waals surface area contributed by atoms with Gasteiger partial charge < -0.3 is 5.32 Å². The standard InChI is InChI=1S/C15H25N/c1-5-11-16-12-10-15(3,4)14-9-7-6-8-13(14)2/h6-9,16H,5,10-12H2,1-4H3. The van der Waals surface area contributed by atoms with Crippen LogP contribution in [0.4, 0.5) is 0 Å². The molecule has 0 aliphatic carbocycles. The Labute approximate surface area is 100 Å². The summed E-state index contributed by atoms with van der Waals surface area (Å²) in [7, 11) is 0. The second-order valence-corrected chi connectivity index (χ2v) is 5.20. The van der Waals surface area contributed by atoms with Gasteiger partial charge in [0.15, 0.2) is 0 Å². The van der Waals surface area contributed by atoms with Crippen LogP contribution in [0.5, 0.6) is 0 Å². The molecule has 1 aromatic carbocycles. The van der Waals surface area contributed by atoms with Gasteiger partial charge in [-0.3, -0.25) is 0 Å². The van der Waals surface area contributed by atoms with Gasteiger partial charge in [0.2, 0.25) is 0 Å². The first-order valence-corrected chi connectivity index (χ1v) is 6.35. The van der Waals surface area contributed by atoms with Crippen LogP contribution in [0.3, 0.4) is 0 Å². The normalized spacial score (nSPS) is 11.8. The predicted molar refractivity (Wildman–Crippen MR) is 72.0 cm³/mol. The molecule has 0 fully saturated rings. The molecule has 0 aliphatic rings. The van der Waals surface area contributed by atoms with E-state index < -0.39 is 0 Å². The number of hydrogen-bond donors (Lipinski definition) is 1. The summed E-state index contributed by atoms with van der Waals surface area (Å²) in [5.41, 5.74) is 3.16. The Morgan fingerprint density at radius 2 is 1.81 bits per heavy atom. The molecule has 0 spiro atoms. The molecule has 0 saturated carbocycles. The fourth-order valence-corrected chi connectivity index (χ4v) is 2.17. The van der Waals surface area contributed by atoms with Crippen molar-refractivity contribution in [2.75, 3.05) is 13.1 Å². The van der Waals surface area contributed by atoms with Gasteiger partial charge in [-0.15, -0.1) is 0 Å². The first-order chi connectivity index (χ1) is 7.58. The van der Waals surface area contributed by atoms with Crippen LogP contribution in [0.15, 0.2) is 24.3 Å². The van der Waals surface area contributed by atoms with Gasteiger partial charge in [-0.1, -0.05) is 45.0 Å². The van der Waals surface area contributed by atoms with E-state index in [1.807, 2.05) is 0 Å². The number of aryl methyl sites for hydroxylation is 1. The van der Waals surface area contributed by atoms with Crippen molar-refractivity contribution in [2.45, 2.75) is 46.0 Å². The molecule has 1 nitrogen and oxygen atoms in total. The molecule has 0 bridgehead atoms. The Morgan fingerprint density at radius 1 is 1.12 bits per heavy atom. The van der Waals surface area contributed by atoms with Crippen molar-refractivity contribution in [2.24, 2.45) is 0 Å². The predicted octanol–water partition coefficient (Wildman–Crippen LogP) is 3.66. The van der Waals surface area contributed by atoms with Gasteiger partial charge in [0.1, 0.15) is 0 Å². The maximum Gasteiger partial charge on any atom is -0.00406 e. The van der Waals surface area contributed by atoms with Crippen molar-refractivity contribution in [3.05, 3.63) is 35.4 Å². The van der Waals surface area contributed by atoms with E-state index in [1.165, 1.54) is 24.0 Å². The van der Waals surface area contributed by atoms with Crippen molar-refractivity contribution in [1.29, 1.82) is 0 Å². The Kier molecular flexibility index (Phi) is 5.01. The number of rotatable bonds is 6. The van der Waals surface area contributed by atoms with E-state index in [2.05, 4.69) is 57.3 Å². The third-order valence-electron chi connectivity index (χ3n) is 3.23. The monoisotopic (exact) mass is 219 g/mol. The highest BCUT2D eigenvalue weighted by Gasteiger charge is 2.21. The van der Waals surface area contributed by atoms with Gasteiger partial charge in [-0.05, 0) is 49.4 Å². The second kappa shape index (κ2) is 6.05. The molecule has 0 radical (unpaired) electrons. The maximum absolute atomic E-state index is 3.48. The first kappa shape index (κ1) is 13.2. The molecule has 0 unspecified atom stereocenters. The molecule has 0 heterocycles. The molecule has 0 saturated heterocycles. The van der Waals surface area contributed by atoms with Crippen LogP contribution < -0.4 is 5.32 Å². The van der Waals surface area contributed by atoms with E-state index in [0.29, 0.717) is 0 Å². The second-order valence-electron chi connectivity index (χ2n) is 5.20. The summed E-state index contributed by atoms with van der Waals surface area (Å²) in [5.74, 6) is 0. The van der Waals surface area contributed by atoms with Crippen molar-refractivity contribution >= 4 is 0 Å². The Bertz CT molecular complexity index is 315. The van der Waals surface area contributed by atoms with E-state index in [-0.39, 0.29) is 5.41 Å². The summed E-state index contributed by atoms with van der Waals surface area (Å²) in [5, 5.41) is 3.48. The Morgan fingerprint density at radius 3 is 2.44 bits per heavy atom. The van der Waals surface area contributed by atoms with E-state index in [4.69, 9.17) is 0 Å². The van der Waals surface area contributed by atoms with Gasteiger partial charge >= 0.3 is 0 Å². The summed E-state index contributed by atoms with van der Waals surface area (Å²) in [6.45, 7) is 11.3. The largest absolute Gasteiger partial charge is 0.317 e. The topological polar surface area (TPSA) is 12.0 Å². The first-order valence-electron chi connectivity index (χ1n) is 6.35. The number of hydrogen-bond acceptors (Lipinski definition) is 1. The van der Waals surface area contributed by atoms with Crippen LogP contribution in [0.2, 0.25) is 0 Å². The van der Waals surface area contributed by atoms with Gasteiger partial charge in [0, 0.05) is 0 Å². The third-order valence-corrected chi connectivity index (χ3v) is 3.23. The Balaban J connectivity index is 2.59. The van der Waals surface area contributed by atoms with E-state index in [9.17, 15) is 0 Å². The molecule has 0 aliphatic heterocycles. The van der Waals surface area contributed by atoms with E-state index >= 15 is 0 Å².